The molecule has 0 radical (unpaired) electrons. The van der Waals surface area contributed by atoms with Gasteiger partial charge in [-0.1, -0.05) is 35.9 Å². The molecule has 3 N–H and O–H groups in total. The first kappa shape index (κ1) is 15.8. The Morgan fingerprint density at radius 2 is 1.95 bits per heavy atom. The molecule has 0 aliphatic carbocycles. The number of nitrogens with zero attached hydrogens (tertiary/aromatic N) is 1. The minimum atomic E-state index is -4.13. The first-order valence-electron chi connectivity index (χ1n) is 6.23. The molecular formula is C14H14ClFN2O2S. The summed E-state index contributed by atoms with van der Waals surface area (Å²) >= 11 is 5.78. The average Bonchev–Trinajstić information content (AvgIpc) is 2.40. The number of quaternary nitrogens is 1. The highest BCUT2D eigenvalue weighted by atomic mass is 35.5. The Hall–Kier alpha value is -1.63. The lowest BCUT2D eigenvalue weighted by Crippen LogP contribution is -2.51. The molecule has 0 saturated carbocycles. The summed E-state index contributed by atoms with van der Waals surface area (Å²) in [5.41, 5.74) is 4.55. The van der Waals surface area contributed by atoms with Crippen LogP contribution >= 0.6 is 11.6 Å². The van der Waals surface area contributed by atoms with Gasteiger partial charge in [-0.3, -0.25) is 0 Å². The number of hydrogen-bond acceptors (Lipinski definition) is 2. The van der Waals surface area contributed by atoms with Crippen LogP contribution in [-0.2, 0) is 16.4 Å². The van der Waals surface area contributed by atoms with Gasteiger partial charge in [0.25, 0.3) is 0 Å². The highest BCUT2D eigenvalue weighted by Gasteiger charge is 2.12. The molecule has 2 aromatic carbocycles. The quantitative estimate of drug-likeness (QED) is 0.916. The van der Waals surface area contributed by atoms with E-state index in [1.54, 1.807) is 18.2 Å². The van der Waals surface area contributed by atoms with Crippen LogP contribution in [0.25, 0.3) is 4.72 Å². The van der Waals surface area contributed by atoms with Crippen molar-refractivity contribution >= 4 is 27.3 Å². The molecule has 21 heavy (non-hydrogen) atoms. The van der Waals surface area contributed by atoms with Crippen LogP contribution < -0.4 is 5.73 Å². The molecule has 2 aromatic rings. The molecule has 112 valence electrons. The molecule has 0 fully saturated rings. The molecular weight excluding hydrogens is 315 g/mol. The maximum absolute atomic E-state index is 13.8. The van der Waals surface area contributed by atoms with E-state index >= 15 is 0 Å². The Labute approximate surface area is 127 Å². The number of sulfonamides is 1. The first-order chi connectivity index (χ1) is 9.92. The molecule has 0 atom stereocenters. The SMILES string of the molecule is [NH3+]CCc1ccc(F)c(S(=O)(=O)[N-]c2cccc(Cl)c2)c1. The van der Waals surface area contributed by atoms with Gasteiger partial charge in [-0.2, -0.15) is 0 Å². The Morgan fingerprint density at radius 3 is 2.62 bits per heavy atom. The van der Waals surface area contributed by atoms with Gasteiger partial charge in [-0.25, -0.2) is 12.8 Å². The Kier molecular flexibility index (Phi) is 4.82. The van der Waals surface area contributed by atoms with Gasteiger partial charge < -0.3 is 10.5 Å². The van der Waals surface area contributed by atoms with E-state index in [9.17, 15) is 12.8 Å². The number of hydrogen-bond donors (Lipinski definition) is 1. The summed E-state index contributed by atoms with van der Waals surface area (Å²) in [6, 6.07) is 10.0. The van der Waals surface area contributed by atoms with Crippen LogP contribution in [0.15, 0.2) is 47.4 Å². The predicted molar refractivity (Wildman–Crippen MR) is 79.5 cm³/mol. The van der Waals surface area contributed by atoms with Crippen LogP contribution in [0.1, 0.15) is 5.56 Å². The van der Waals surface area contributed by atoms with Gasteiger partial charge in [0.1, 0.15) is 15.8 Å². The van der Waals surface area contributed by atoms with Gasteiger partial charge in [0, 0.05) is 11.4 Å². The third kappa shape index (κ3) is 3.93. The van der Waals surface area contributed by atoms with Crippen molar-refractivity contribution in [3.8, 4) is 0 Å². The van der Waals surface area contributed by atoms with Gasteiger partial charge in [0.05, 0.1) is 11.4 Å². The highest BCUT2D eigenvalue weighted by Crippen LogP contribution is 2.31. The summed E-state index contributed by atoms with van der Waals surface area (Å²) in [7, 11) is -4.13. The third-order valence-corrected chi connectivity index (χ3v) is 4.33. The summed E-state index contributed by atoms with van der Waals surface area (Å²) < 4.78 is 41.9. The summed E-state index contributed by atoms with van der Waals surface area (Å²) in [4.78, 5) is -0.437. The zero-order valence-electron chi connectivity index (χ0n) is 11.1. The number of rotatable bonds is 5. The molecule has 0 spiro atoms. The van der Waals surface area contributed by atoms with Crippen LogP contribution in [0.3, 0.4) is 0 Å². The van der Waals surface area contributed by atoms with Gasteiger partial charge in [-0.05, 0) is 23.8 Å². The van der Waals surface area contributed by atoms with Crippen LogP contribution in [0.2, 0.25) is 5.02 Å². The Morgan fingerprint density at radius 1 is 1.19 bits per heavy atom. The van der Waals surface area contributed by atoms with Crippen molar-refractivity contribution in [2.24, 2.45) is 0 Å². The molecule has 0 unspecified atom stereocenters. The molecule has 0 aliphatic rings. The van der Waals surface area contributed by atoms with Gasteiger partial charge >= 0.3 is 0 Å². The van der Waals surface area contributed by atoms with E-state index < -0.39 is 20.7 Å². The molecule has 4 nitrogen and oxygen atoms in total. The fraction of sp³-hybridized carbons (Fsp3) is 0.143. The second kappa shape index (κ2) is 6.43. The van der Waals surface area contributed by atoms with Crippen molar-refractivity contribution < 1.29 is 18.5 Å². The summed E-state index contributed by atoms with van der Waals surface area (Å²) in [6.07, 6.45) is 0.569. The van der Waals surface area contributed by atoms with E-state index in [0.29, 0.717) is 23.6 Å². The summed E-state index contributed by atoms with van der Waals surface area (Å²) in [5.74, 6) is -0.825. The molecule has 0 aromatic heterocycles. The van der Waals surface area contributed by atoms with E-state index in [1.165, 1.54) is 18.2 Å². The molecule has 2 rings (SSSR count). The maximum atomic E-state index is 13.8. The fourth-order valence-corrected chi connectivity index (χ4v) is 3.11. The molecule has 0 amide bonds. The van der Waals surface area contributed by atoms with Crippen molar-refractivity contribution in [1.82, 2.24) is 0 Å². The van der Waals surface area contributed by atoms with Crippen LogP contribution in [0.4, 0.5) is 10.1 Å². The smallest absolute Gasteiger partial charge is 0.140 e. The zero-order chi connectivity index (χ0) is 15.5. The van der Waals surface area contributed by atoms with Crippen LogP contribution in [-0.4, -0.2) is 15.0 Å². The van der Waals surface area contributed by atoms with Crippen molar-refractivity contribution in [1.29, 1.82) is 0 Å². The standard InChI is InChI=1S/C14H13ClFN2O2S/c15-11-2-1-3-12(9-11)18-21(19,20)14-8-10(6-7-17)4-5-13(14)16/h1-5,8-9H,6-7,17H2/q-1/p+1. The Balaban J connectivity index is 2.37. The molecule has 0 saturated heterocycles. The minimum absolute atomic E-state index is 0.157. The van der Waals surface area contributed by atoms with Crippen molar-refractivity contribution in [2.45, 2.75) is 11.3 Å². The van der Waals surface area contributed by atoms with E-state index in [2.05, 4.69) is 10.5 Å². The second-order valence-corrected chi connectivity index (χ2v) is 6.42. The predicted octanol–water partition coefficient (Wildman–Crippen LogP) is 2.66. The molecule has 7 heteroatoms. The average molecular weight is 329 g/mol. The lowest BCUT2D eigenvalue weighted by atomic mass is 10.1. The lowest BCUT2D eigenvalue weighted by molar-refractivity contribution is -0.366. The first-order valence-corrected chi connectivity index (χ1v) is 8.05. The van der Waals surface area contributed by atoms with Gasteiger partial charge in [0.15, 0.2) is 0 Å². The van der Waals surface area contributed by atoms with Crippen LogP contribution in [0.5, 0.6) is 0 Å². The number of halogens is 2. The Bertz CT molecular complexity index is 750. The summed E-state index contributed by atoms with van der Waals surface area (Å²) in [5, 5.41) is 0.359. The van der Waals surface area contributed by atoms with E-state index in [-0.39, 0.29) is 5.69 Å². The topological polar surface area (TPSA) is 75.9 Å². The second-order valence-electron chi connectivity index (χ2n) is 4.41. The van der Waals surface area contributed by atoms with E-state index in [4.69, 9.17) is 11.6 Å². The van der Waals surface area contributed by atoms with Crippen LogP contribution in [0, 0.1) is 5.82 Å². The number of benzene rings is 2. The monoisotopic (exact) mass is 328 g/mol. The third-order valence-electron chi connectivity index (χ3n) is 2.77. The van der Waals surface area contributed by atoms with Crippen molar-refractivity contribution in [2.75, 3.05) is 6.54 Å². The van der Waals surface area contributed by atoms with Crippen molar-refractivity contribution in [3.05, 3.63) is 63.6 Å². The van der Waals surface area contributed by atoms with E-state index in [0.717, 1.165) is 6.07 Å². The molecule has 0 aliphatic heterocycles. The fourth-order valence-electron chi connectivity index (χ4n) is 1.83. The lowest BCUT2D eigenvalue weighted by Gasteiger charge is -2.22. The zero-order valence-corrected chi connectivity index (χ0v) is 12.7. The molecule has 0 heterocycles. The van der Waals surface area contributed by atoms with E-state index in [1.807, 2.05) is 0 Å². The minimum Gasteiger partial charge on any atom is -0.573 e. The van der Waals surface area contributed by atoms with Crippen molar-refractivity contribution in [3.63, 3.8) is 0 Å². The van der Waals surface area contributed by atoms with Gasteiger partial charge in [-0.15, -0.1) is 5.69 Å². The maximum Gasteiger partial charge on any atom is 0.140 e. The largest absolute Gasteiger partial charge is 0.573 e. The summed E-state index contributed by atoms with van der Waals surface area (Å²) in [6.45, 7) is 0.594. The normalized spacial score (nSPS) is 11.4. The molecule has 0 bridgehead atoms. The highest BCUT2D eigenvalue weighted by molar-refractivity contribution is 7.94. The van der Waals surface area contributed by atoms with Gasteiger partial charge in [0.2, 0.25) is 0 Å².